The number of nitrogens with one attached hydrogen (secondary N) is 1. The van der Waals surface area contributed by atoms with Gasteiger partial charge >= 0.3 is 5.69 Å². The molecule has 0 atom stereocenters. The van der Waals surface area contributed by atoms with Crippen LogP contribution in [0.3, 0.4) is 0 Å². The molecule has 3 aromatic heterocycles. The van der Waals surface area contributed by atoms with E-state index in [1.807, 2.05) is 6.07 Å². The third-order valence-corrected chi connectivity index (χ3v) is 4.51. The highest BCUT2D eigenvalue weighted by atomic mass is 16.5. The molecule has 9 heteroatoms. The fourth-order valence-corrected chi connectivity index (χ4v) is 3.10. The van der Waals surface area contributed by atoms with Crippen LogP contribution in [0.25, 0.3) is 22.0 Å². The van der Waals surface area contributed by atoms with Crippen LogP contribution in [0, 0.1) is 0 Å². The molecule has 0 spiro atoms. The lowest BCUT2D eigenvalue weighted by Gasteiger charge is -2.09. The van der Waals surface area contributed by atoms with Crippen LogP contribution < -0.4 is 21.3 Å². The Hall–Kier alpha value is -3.88. The molecular formula is C19H16N4O5. The van der Waals surface area contributed by atoms with Gasteiger partial charge < -0.3 is 14.5 Å². The number of para-hydroxylation sites is 1. The molecule has 0 aliphatic heterocycles. The number of hydrogen-bond acceptors (Lipinski definition) is 6. The van der Waals surface area contributed by atoms with E-state index < -0.39 is 17.2 Å². The van der Waals surface area contributed by atoms with Gasteiger partial charge in [0, 0.05) is 14.1 Å². The number of pyridine rings is 1. The van der Waals surface area contributed by atoms with Crippen LogP contribution in [-0.4, -0.2) is 27.1 Å². The Morgan fingerprint density at radius 3 is 2.64 bits per heavy atom. The van der Waals surface area contributed by atoms with E-state index >= 15 is 0 Å². The Bertz CT molecular complexity index is 1360. The third kappa shape index (κ3) is 2.56. The Balaban J connectivity index is 1.78. The lowest BCUT2D eigenvalue weighted by Crippen LogP contribution is -2.37. The van der Waals surface area contributed by atoms with Crippen LogP contribution in [0.2, 0.25) is 0 Å². The number of methoxy groups -OCH3 is 1. The smallest absolute Gasteiger partial charge is 0.332 e. The van der Waals surface area contributed by atoms with E-state index in [4.69, 9.17) is 9.15 Å². The summed E-state index contributed by atoms with van der Waals surface area (Å²) in [6, 6.07) is 8.60. The number of benzene rings is 1. The molecule has 3 heterocycles. The van der Waals surface area contributed by atoms with Gasteiger partial charge in [-0.2, -0.15) is 0 Å². The van der Waals surface area contributed by atoms with Crippen molar-refractivity contribution in [2.24, 2.45) is 14.1 Å². The summed E-state index contributed by atoms with van der Waals surface area (Å²) in [7, 11) is 4.36. The number of aromatic nitrogens is 3. The van der Waals surface area contributed by atoms with Gasteiger partial charge in [0.25, 0.3) is 11.5 Å². The second kappa shape index (κ2) is 6.38. The summed E-state index contributed by atoms with van der Waals surface area (Å²) in [4.78, 5) is 41.3. The Labute approximate surface area is 157 Å². The maximum Gasteiger partial charge on any atom is 0.332 e. The average Bonchev–Trinajstić information content (AvgIpc) is 3.09. The van der Waals surface area contributed by atoms with Gasteiger partial charge in [0.1, 0.15) is 11.2 Å². The number of rotatable bonds is 3. The molecule has 9 nitrogen and oxygen atoms in total. The lowest BCUT2D eigenvalue weighted by atomic mass is 10.2. The van der Waals surface area contributed by atoms with Crippen LogP contribution in [-0.2, 0) is 14.1 Å². The van der Waals surface area contributed by atoms with Crippen molar-refractivity contribution in [2.45, 2.75) is 0 Å². The Kier molecular flexibility index (Phi) is 3.99. The summed E-state index contributed by atoms with van der Waals surface area (Å²) in [5.41, 5.74) is 0.0602. The largest absolute Gasteiger partial charge is 0.492 e. The predicted octanol–water partition coefficient (Wildman–Crippen LogP) is 1.64. The van der Waals surface area contributed by atoms with Gasteiger partial charge in [0.05, 0.1) is 29.8 Å². The van der Waals surface area contributed by atoms with Crippen LogP contribution in [0.4, 0.5) is 5.69 Å². The van der Waals surface area contributed by atoms with Crippen LogP contribution in [0.5, 0.6) is 5.75 Å². The van der Waals surface area contributed by atoms with Crippen molar-refractivity contribution in [1.29, 1.82) is 0 Å². The number of ether oxygens (including phenoxy) is 1. The Morgan fingerprint density at radius 1 is 1.14 bits per heavy atom. The lowest BCUT2D eigenvalue weighted by molar-refractivity contribution is 0.0994. The zero-order valence-corrected chi connectivity index (χ0v) is 15.3. The molecule has 1 N–H and O–H groups in total. The maximum atomic E-state index is 12.7. The predicted molar refractivity (Wildman–Crippen MR) is 103 cm³/mol. The van der Waals surface area contributed by atoms with Crippen LogP contribution >= 0.6 is 0 Å². The van der Waals surface area contributed by atoms with Crippen molar-refractivity contribution in [3.8, 4) is 5.75 Å². The molecule has 1 aromatic carbocycles. The number of furan rings is 1. The van der Waals surface area contributed by atoms with E-state index in [1.54, 1.807) is 18.2 Å². The summed E-state index contributed by atoms with van der Waals surface area (Å²) >= 11 is 0. The van der Waals surface area contributed by atoms with E-state index in [0.717, 1.165) is 4.57 Å². The molecule has 0 unspecified atom stereocenters. The summed E-state index contributed by atoms with van der Waals surface area (Å²) in [5.74, 6) is -0.215. The number of amides is 1. The van der Waals surface area contributed by atoms with E-state index in [2.05, 4.69) is 10.3 Å². The van der Waals surface area contributed by atoms with Gasteiger partial charge in [-0.15, -0.1) is 0 Å². The molecule has 0 radical (unpaired) electrons. The minimum absolute atomic E-state index is 0.0113. The second-order valence-electron chi connectivity index (χ2n) is 6.22. The van der Waals surface area contributed by atoms with Crippen molar-refractivity contribution in [2.75, 3.05) is 12.4 Å². The van der Waals surface area contributed by atoms with Crippen LogP contribution in [0.15, 0.2) is 50.5 Å². The number of carbonyl (C=O) groups excluding carboxylic acids is 1. The zero-order valence-electron chi connectivity index (χ0n) is 15.3. The van der Waals surface area contributed by atoms with Crippen molar-refractivity contribution in [1.82, 2.24) is 14.1 Å². The zero-order chi connectivity index (χ0) is 20.0. The molecule has 0 aliphatic carbocycles. The second-order valence-corrected chi connectivity index (χ2v) is 6.22. The highest BCUT2D eigenvalue weighted by molar-refractivity contribution is 6.08. The molecule has 0 aliphatic rings. The van der Waals surface area contributed by atoms with E-state index in [-0.39, 0.29) is 22.5 Å². The highest BCUT2D eigenvalue weighted by Gasteiger charge is 2.22. The normalized spacial score (nSPS) is 11.1. The van der Waals surface area contributed by atoms with E-state index in [0.29, 0.717) is 16.7 Å². The summed E-state index contributed by atoms with van der Waals surface area (Å²) in [6.45, 7) is 0. The number of nitrogens with zero attached hydrogens (tertiary/aromatic N) is 3. The van der Waals surface area contributed by atoms with Crippen molar-refractivity contribution >= 4 is 33.6 Å². The molecular weight excluding hydrogens is 364 g/mol. The number of aryl methyl sites for hydroxylation is 1. The van der Waals surface area contributed by atoms with Crippen molar-refractivity contribution < 1.29 is 13.9 Å². The first kappa shape index (κ1) is 17.5. The minimum atomic E-state index is -0.546. The fraction of sp³-hybridized carbons (Fsp3) is 0.158. The first-order chi connectivity index (χ1) is 13.4. The number of hydrogen-bond donors (Lipinski definition) is 1. The molecule has 142 valence electrons. The average molecular weight is 380 g/mol. The van der Waals surface area contributed by atoms with Gasteiger partial charge in [-0.3, -0.25) is 18.7 Å². The number of anilines is 1. The standard InChI is InChI=1S/C19H16N4O5/c1-22-16-12(18(25)23(2)19(22)26)8-10(9-20-16)21-17(24)15-14(27-3)11-6-4-5-7-13(11)28-15/h4-9H,1-3H3,(H,21,24). The topological polar surface area (TPSA) is 108 Å². The summed E-state index contributed by atoms with van der Waals surface area (Å²) in [5, 5.41) is 3.54. The first-order valence-corrected chi connectivity index (χ1v) is 8.35. The maximum absolute atomic E-state index is 12.7. The van der Waals surface area contributed by atoms with Gasteiger partial charge in [-0.1, -0.05) is 12.1 Å². The summed E-state index contributed by atoms with van der Waals surface area (Å²) in [6.07, 6.45) is 1.37. The fourth-order valence-electron chi connectivity index (χ4n) is 3.10. The SMILES string of the molecule is COc1c(C(=O)Nc2cnc3c(c2)c(=O)n(C)c(=O)n3C)oc2ccccc12. The van der Waals surface area contributed by atoms with Gasteiger partial charge in [0.15, 0.2) is 5.75 Å². The quantitative estimate of drug-likeness (QED) is 0.579. The molecule has 0 saturated heterocycles. The molecule has 0 fully saturated rings. The van der Waals surface area contributed by atoms with Gasteiger partial charge in [-0.05, 0) is 18.2 Å². The molecule has 0 bridgehead atoms. The number of carbonyl (C=O) groups is 1. The van der Waals surface area contributed by atoms with Gasteiger partial charge in [-0.25, -0.2) is 9.78 Å². The summed E-state index contributed by atoms with van der Waals surface area (Å²) < 4.78 is 13.2. The van der Waals surface area contributed by atoms with Crippen molar-refractivity contribution in [3.05, 3.63) is 63.1 Å². The van der Waals surface area contributed by atoms with Gasteiger partial charge in [0.2, 0.25) is 5.76 Å². The monoisotopic (exact) mass is 380 g/mol. The molecule has 4 aromatic rings. The Morgan fingerprint density at radius 2 is 1.89 bits per heavy atom. The molecule has 0 saturated carbocycles. The molecule has 1 amide bonds. The highest BCUT2D eigenvalue weighted by Crippen LogP contribution is 2.33. The minimum Gasteiger partial charge on any atom is -0.492 e. The first-order valence-electron chi connectivity index (χ1n) is 8.35. The van der Waals surface area contributed by atoms with E-state index in [1.165, 1.54) is 38.0 Å². The van der Waals surface area contributed by atoms with E-state index in [9.17, 15) is 14.4 Å². The van der Waals surface area contributed by atoms with Crippen molar-refractivity contribution in [3.63, 3.8) is 0 Å². The number of fused-ring (bicyclic) bond motifs is 2. The molecule has 4 rings (SSSR count). The third-order valence-electron chi connectivity index (χ3n) is 4.51. The molecule has 28 heavy (non-hydrogen) atoms. The van der Waals surface area contributed by atoms with Crippen LogP contribution in [0.1, 0.15) is 10.6 Å².